The zero-order chi connectivity index (χ0) is 23.7. The third-order valence-corrected chi connectivity index (χ3v) is 7.29. The smallest absolute Gasteiger partial charge is 0.230 e. The van der Waals surface area contributed by atoms with Crippen molar-refractivity contribution in [3.8, 4) is 0 Å². The standard InChI is InChI=1S/C29H29F2NO2/c1-19(20-5-3-2-4-6-20)29(33)32-25-15-16-26(32)18-27(17-25)34-28(21-7-11-23(30)12-8-21)22-9-13-24(31)14-10-22/h2-14,19,25-28H,15-18H2,1H3/t19-,25-,26+,27?/m0/s1. The lowest BCUT2D eigenvalue weighted by Gasteiger charge is -2.41. The third kappa shape index (κ3) is 4.62. The van der Waals surface area contributed by atoms with Crippen molar-refractivity contribution in [2.45, 2.75) is 62.8 Å². The molecule has 2 fully saturated rings. The van der Waals surface area contributed by atoms with E-state index < -0.39 is 6.10 Å². The number of piperidine rings is 1. The molecule has 0 aliphatic carbocycles. The highest BCUT2D eigenvalue weighted by atomic mass is 19.1. The summed E-state index contributed by atoms with van der Waals surface area (Å²) < 4.78 is 33.7. The Balaban J connectivity index is 1.33. The lowest BCUT2D eigenvalue weighted by atomic mass is 9.93. The lowest BCUT2D eigenvalue weighted by molar-refractivity contribution is -0.140. The number of fused-ring (bicyclic) bond motifs is 2. The van der Waals surface area contributed by atoms with Gasteiger partial charge in [0.2, 0.25) is 5.91 Å². The number of benzene rings is 3. The van der Waals surface area contributed by atoms with Crippen molar-refractivity contribution in [2.75, 3.05) is 0 Å². The van der Waals surface area contributed by atoms with Gasteiger partial charge in [0.05, 0.1) is 12.0 Å². The first-order chi connectivity index (χ1) is 16.5. The molecule has 4 atom stereocenters. The largest absolute Gasteiger partial charge is 0.365 e. The number of rotatable bonds is 6. The molecule has 2 bridgehead atoms. The Bertz CT molecular complexity index is 1060. The van der Waals surface area contributed by atoms with Crippen molar-refractivity contribution >= 4 is 5.91 Å². The fourth-order valence-corrected chi connectivity index (χ4v) is 5.52. The number of amides is 1. The molecule has 0 aromatic heterocycles. The van der Waals surface area contributed by atoms with Crippen LogP contribution >= 0.6 is 0 Å². The van der Waals surface area contributed by atoms with Crippen LogP contribution in [0, 0.1) is 11.6 Å². The van der Waals surface area contributed by atoms with Crippen molar-refractivity contribution in [1.82, 2.24) is 4.90 Å². The van der Waals surface area contributed by atoms with E-state index in [-0.39, 0.29) is 41.6 Å². The molecule has 2 aliphatic rings. The fourth-order valence-electron chi connectivity index (χ4n) is 5.52. The topological polar surface area (TPSA) is 29.5 Å². The number of carbonyl (C=O) groups is 1. The average molecular weight is 462 g/mol. The van der Waals surface area contributed by atoms with E-state index in [4.69, 9.17) is 4.74 Å². The molecule has 5 rings (SSSR count). The molecule has 0 spiro atoms. The molecule has 3 aromatic carbocycles. The number of carbonyl (C=O) groups excluding carboxylic acids is 1. The SMILES string of the molecule is C[C@H](C(=O)N1[C@@H]2CC[C@H]1CC(OC(c1ccc(F)cc1)c1ccc(F)cc1)C2)c1ccccc1. The minimum Gasteiger partial charge on any atom is -0.365 e. The summed E-state index contributed by atoms with van der Waals surface area (Å²) in [6, 6.07) is 22.8. The van der Waals surface area contributed by atoms with Gasteiger partial charge in [0.1, 0.15) is 17.7 Å². The Morgan fingerprint density at radius 2 is 1.29 bits per heavy atom. The maximum absolute atomic E-state index is 13.6. The highest BCUT2D eigenvalue weighted by molar-refractivity contribution is 5.84. The first kappa shape index (κ1) is 22.7. The second kappa shape index (κ2) is 9.67. The minimum absolute atomic E-state index is 0.0336. The minimum atomic E-state index is -0.420. The first-order valence-corrected chi connectivity index (χ1v) is 12.0. The van der Waals surface area contributed by atoms with Gasteiger partial charge in [-0.2, -0.15) is 0 Å². The number of ether oxygens (including phenoxy) is 1. The average Bonchev–Trinajstić information content (AvgIpc) is 3.13. The van der Waals surface area contributed by atoms with Crippen LogP contribution in [0.2, 0.25) is 0 Å². The molecule has 0 saturated carbocycles. The predicted molar refractivity (Wildman–Crippen MR) is 127 cm³/mol. The van der Waals surface area contributed by atoms with Crippen LogP contribution in [0.3, 0.4) is 0 Å². The summed E-state index contributed by atoms with van der Waals surface area (Å²) in [6.45, 7) is 1.98. The number of nitrogens with zero attached hydrogens (tertiary/aromatic N) is 1. The summed E-state index contributed by atoms with van der Waals surface area (Å²) in [7, 11) is 0. The zero-order valence-corrected chi connectivity index (χ0v) is 19.2. The lowest BCUT2D eigenvalue weighted by Crippen LogP contribution is -2.50. The van der Waals surface area contributed by atoms with E-state index in [1.165, 1.54) is 24.3 Å². The Hall–Kier alpha value is -3.05. The van der Waals surface area contributed by atoms with E-state index in [9.17, 15) is 13.6 Å². The van der Waals surface area contributed by atoms with Crippen molar-refractivity contribution in [3.63, 3.8) is 0 Å². The van der Waals surface area contributed by atoms with Gasteiger partial charge in [-0.05, 0) is 73.6 Å². The Kier molecular flexibility index (Phi) is 6.46. The maximum atomic E-state index is 13.6. The second-order valence-corrected chi connectivity index (χ2v) is 9.48. The van der Waals surface area contributed by atoms with Crippen LogP contribution in [-0.2, 0) is 9.53 Å². The van der Waals surface area contributed by atoms with E-state index in [1.807, 2.05) is 37.3 Å². The van der Waals surface area contributed by atoms with Crippen molar-refractivity contribution in [3.05, 3.63) is 107 Å². The first-order valence-electron chi connectivity index (χ1n) is 12.0. The highest BCUT2D eigenvalue weighted by Gasteiger charge is 2.45. The summed E-state index contributed by atoms with van der Waals surface area (Å²) in [5.41, 5.74) is 2.70. The van der Waals surface area contributed by atoms with Crippen molar-refractivity contribution in [1.29, 1.82) is 0 Å². The third-order valence-electron chi connectivity index (χ3n) is 7.29. The van der Waals surface area contributed by atoms with Crippen LogP contribution in [-0.4, -0.2) is 29.0 Å². The van der Waals surface area contributed by atoms with E-state index in [1.54, 1.807) is 24.3 Å². The molecule has 3 aromatic rings. The molecular formula is C29H29F2NO2. The number of hydrogen-bond acceptors (Lipinski definition) is 2. The number of hydrogen-bond donors (Lipinski definition) is 0. The van der Waals surface area contributed by atoms with Crippen LogP contribution in [0.1, 0.15) is 61.3 Å². The quantitative estimate of drug-likeness (QED) is 0.425. The van der Waals surface area contributed by atoms with Gasteiger partial charge in [-0.15, -0.1) is 0 Å². The Labute approximate surface area is 199 Å². The van der Waals surface area contributed by atoms with Crippen LogP contribution in [0.15, 0.2) is 78.9 Å². The summed E-state index contributed by atoms with van der Waals surface area (Å²) in [5, 5.41) is 0. The molecular weight excluding hydrogens is 432 g/mol. The molecule has 3 nitrogen and oxygen atoms in total. The molecule has 1 amide bonds. The van der Waals surface area contributed by atoms with E-state index in [0.29, 0.717) is 0 Å². The van der Waals surface area contributed by atoms with Crippen molar-refractivity contribution in [2.24, 2.45) is 0 Å². The molecule has 1 unspecified atom stereocenters. The predicted octanol–water partition coefficient (Wildman–Crippen LogP) is 6.40. The van der Waals surface area contributed by atoms with Crippen molar-refractivity contribution < 1.29 is 18.3 Å². The molecule has 5 heteroatoms. The highest BCUT2D eigenvalue weighted by Crippen LogP contribution is 2.41. The van der Waals surface area contributed by atoms with Crippen LogP contribution in [0.4, 0.5) is 8.78 Å². The van der Waals surface area contributed by atoms with Gasteiger partial charge in [-0.1, -0.05) is 54.6 Å². The molecule has 2 heterocycles. The molecule has 0 radical (unpaired) electrons. The fraction of sp³-hybridized carbons (Fsp3) is 0.345. The maximum Gasteiger partial charge on any atom is 0.230 e. The van der Waals surface area contributed by atoms with E-state index >= 15 is 0 Å². The zero-order valence-electron chi connectivity index (χ0n) is 19.2. The Morgan fingerprint density at radius 1 is 0.794 bits per heavy atom. The number of halogens is 2. The van der Waals surface area contributed by atoms with Gasteiger partial charge in [0.25, 0.3) is 0 Å². The molecule has 2 aliphatic heterocycles. The molecule has 2 saturated heterocycles. The summed E-state index contributed by atoms with van der Waals surface area (Å²) in [6.07, 6.45) is 3.04. The van der Waals surface area contributed by atoms with Gasteiger partial charge < -0.3 is 9.64 Å². The van der Waals surface area contributed by atoms with Crippen LogP contribution in [0.25, 0.3) is 0 Å². The summed E-state index contributed by atoms with van der Waals surface area (Å²) in [5.74, 6) is -0.600. The molecule has 34 heavy (non-hydrogen) atoms. The van der Waals surface area contributed by atoms with E-state index in [2.05, 4.69) is 4.90 Å². The second-order valence-electron chi connectivity index (χ2n) is 9.48. The van der Waals surface area contributed by atoms with Gasteiger partial charge in [-0.25, -0.2) is 8.78 Å². The van der Waals surface area contributed by atoms with Gasteiger partial charge in [-0.3, -0.25) is 4.79 Å². The summed E-state index contributed by atoms with van der Waals surface area (Å²) >= 11 is 0. The van der Waals surface area contributed by atoms with Gasteiger partial charge in [0.15, 0.2) is 0 Å². The monoisotopic (exact) mass is 461 g/mol. The van der Waals surface area contributed by atoms with Gasteiger partial charge >= 0.3 is 0 Å². The normalized spacial score (nSPS) is 22.7. The molecule has 0 N–H and O–H groups in total. The van der Waals surface area contributed by atoms with Crippen LogP contribution < -0.4 is 0 Å². The Morgan fingerprint density at radius 3 is 1.79 bits per heavy atom. The van der Waals surface area contributed by atoms with E-state index in [0.717, 1.165) is 42.4 Å². The van der Waals surface area contributed by atoms with Gasteiger partial charge in [0, 0.05) is 12.1 Å². The summed E-state index contributed by atoms with van der Waals surface area (Å²) in [4.78, 5) is 15.5. The molecule has 176 valence electrons. The van der Waals surface area contributed by atoms with Crippen LogP contribution in [0.5, 0.6) is 0 Å².